The van der Waals surface area contributed by atoms with Gasteiger partial charge in [-0.1, -0.05) is 31.2 Å². The fraction of sp³-hybridized carbons (Fsp3) is 0.375. The second kappa shape index (κ2) is 5.12. The van der Waals surface area contributed by atoms with Crippen LogP contribution in [0.2, 0.25) is 0 Å². The number of anilines is 1. The molecule has 20 heavy (non-hydrogen) atoms. The largest absolute Gasteiger partial charge is 0.338 e. The van der Waals surface area contributed by atoms with Crippen LogP contribution in [-0.2, 0) is 19.4 Å². The van der Waals surface area contributed by atoms with E-state index in [2.05, 4.69) is 39.1 Å². The van der Waals surface area contributed by atoms with Crippen LogP contribution in [0.3, 0.4) is 0 Å². The lowest BCUT2D eigenvalue weighted by molar-refractivity contribution is 0.700. The van der Waals surface area contributed by atoms with Crippen molar-refractivity contribution >= 4 is 5.95 Å². The summed E-state index contributed by atoms with van der Waals surface area (Å²) in [5.74, 6) is 0.701. The molecule has 4 nitrogen and oxygen atoms in total. The minimum absolute atomic E-state index is 0.0225. The predicted octanol–water partition coefficient (Wildman–Crippen LogP) is 2.20. The van der Waals surface area contributed by atoms with E-state index in [1.165, 1.54) is 11.1 Å². The summed E-state index contributed by atoms with van der Waals surface area (Å²) in [6.07, 6.45) is 1.78. The highest BCUT2D eigenvalue weighted by Crippen LogP contribution is 2.21. The zero-order valence-corrected chi connectivity index (χ0v) is 11.9. The van der Waals surface area contributed by atoms with Crippen LogP contribution < -0.4 is 10.5 Å². The van der Waals surface area contributed by atoms with Crippen LogP contribution in [0, 0.1) is 6.92 Å². The van der Waals surface area contributed by atoms with E-state index in [9.17, 15) is 4.79 Å². The molecule has 1 aliphatic heterocycles. The molecule has 0 atom stereocenters. The maximum Gasteiger partial charge on any atom is 0.255 e. The van der Waals surface area contributed by atoms with Gasteiger partial charge in [0.15, 0.2) is 0 Å². The molecule has 1 aromatic carbocycles. The molecule has 0 amide bonds. The Bertz CT molecular complexity index is 690. The molecule has 0 fully saturated rings. The van der Waals surface area contributed by atoms with Crippen LogP contribution >= 0.6 is 0 Å². The summed E-state index contributed by atoms with van der Waals surface area (Å²) in [4.78, 5) is 21.7. The van der Waals surface area contributed by atoms with Gasteiger partial charge in [0.2, 0.25) is 5.95 Å². The summed E-state index contributed by atoms with van der Waals surface area (Å²) in [6, 6.07) is 8.46. The summed E-state index contributed by atoms with van der Waals surface area (Å²) in [5, 5.41) is 0. The van der Waals surface area contributed by atoms with Crippen LogP contribution in [0.5, 0.6) is 0 Å². The molecule has 2 aromatic rings. The number of aromatic amines is 1. The quantitative estimate of drug-likeness (QED) is 0.909. The lowest BCUT2D eigenvalue weighted by atomic mass is 10.0. The number of hydrogen-bond acceptors (Lipinski definition) is 3. The summed E-state index contributed by atoms with van der Waals surface area (Å²) in [6.45, 7) is 5.57. The van der Waals surface area contributed by atoms with Crippen LogP contribution in [-0.4, -0.2) is 16.5 Å². The van der Waals surface area contributed by atoms with Crippen molar-refractivity contribution in [2.24, 2.45) is 0 Å². The van der Waals surface area contributed by atoms with Crippen molar-refractivity contribution in [2.75, 3.05) is 11.4 Å². The number of fused-ring (bicyclic) bond motifs is 1. The van der Waals surface area contributed by atoms with Gasteiger partial charge in [-0.2, -0.15) is 0 Å². The summed E-state index contributed by atoms with van der Waals surface area (Å²) < 4.78 is 0. The standard InChI is InChI=1S/C16H19N3O/c1-3-14-11(2)15(20)18-16(17-14)19-9-8-12-6-4-5-7-13(12)10-19/h4-7H,3,8-10H2,1-2H3,(H,17,18,20). The molecule has 0 radical (unpaired) electrons. The highest BCUT2D eigenvalue weighted by Gasteiger charge is 2.18. The molecular formula is C16H19N3O. The fourth-order valence-corrected chi connectivity index (χ4v) is 2.74. The molecule has 0 saturated carbocycles. The number of nitrogens with zero attached hydrogens (tertiary/aromatic N) is 2. The Kier molecular flexibility index (Phi) is 3.30. The average Bonchev–Trinajstić information content (AvgIpc) is 2.49. The minimum Gasteiger partial charge on any atom is -0.338 e. The first-order chi connectivity index (χ1) is 9.69. The fourth-order valence-electron chi connectivity index (χ4n) is 2.74. The summed E-state index contributed by atoms with van der Waals surface area (Å²) in [5.41, 5.74) is 4.32. The van der Waals surface area contributed by atoms with Gasteiger partial charge >= 0.3 is 0 Å². The average molecular weight is 269 g/mol. The van der Waals surface area contributed by atoms with Crippen LogP contribution in [0.15, 0.2) is 29.1 Å². The van der Waals surface area contributed by atoms with E-state index in [4.69, 9.17) is 0 Å². The Morgan fingerprint density at radius 2 is 2.05 bits per heavy atom. The molecule has 1 aromatic heterocycles. The zero-order chi connectivity index (χ0) is 14.1. The van der Waals surface area contributed by atoms with E-state index in [1.54, 1.807) is 0 Å². The molecule has 1 N–H and O–H groups in total. The number of benzene rings is 1. The van der Waals surface area contributed by atoms with E-state index in [-0.39, 0.29) is 5.56 Å². The Balaban J connectivity index is 1.96. The maximum absolute atomic E-state index is 12.0. The number of rotatable bonds is 2. The first kappa shape index (κ1) is 12.9. The number of H-pyrrole nitrogens is 1. The van der Waals surface area contributed by atoms with E-state index in [0.29, 0.717) is 5.95 Å². The van der Waals surface area contributed by atoms with Crippen molar-refractivity contribution < 1.29 is 0 Å². The summed E-state index contributed by atoms with van der Waals surface area (Å²) >= 11 is 0. The maximum atomic E-state index is 12.0. The van der Waals surface area contributed by atoms with Crippen LogP contribution in [0.25, 0.3) is 0 Å². The molecule has 0 saturated heterocycles. The normalized spacial score (nSPS) is 14.2. The van der Waals surface area contributed by atoms with E-state index in [0.717, 1.165) is 37.2 Å². The molecule has 0 unspecified atom stereocenters. The molecule has 2 heterocycles. The first-order valence-corrected chi connectivity index (χ1v) is 7.10. The van der Waals surface area contributed by atoms with Gasteiger partial charge in [-0.05, 0) is 30.9 Å². The van der Waals surface area contributed by atoms with Gasteiger partial charge in [-0.3, -0.25) is 9.78 Å². The number of nitrogens with one attached hydrogen (secondary N) is 1. The van der Waals surface area contributed by atoms with Crippen molar-refractivity contribution in [3.63, 3.8) is 0 Å². The van der Waals surface area contributed by atoms with Crippen molar-refractivity contribution in [3.8, 4) is 0 Å². The molecule has 3 rings (SSSR count). The van der Waals surface area contributed by atoms with Crippen molar-refractivity contribution in [3.05, 3.63) is 57.0 Å². The first-order valence-electron chi connectivity index (χ1n) is 7.10. The van der Waals surface area contributed by atoms with Gasteiger partial charge in [0.25, 0.3) is 5.56 Å². The Morgan fingerprint density at radius 3 is 2.80 bits per heavy atom. The van der Waals surface area contributed by atoms with Crippen LogP contribution in [0.4, 0.5) is 5.95 Å². The highest BCUT2D eigenvalue weighted by atomic mass is 16.1. The lowest BCUT2D eigenvalue weighted by Crippen LogP contribution is -2.33. The van der Waals surface area contributed by atoms with Crippen molar-refractivity contribution in [1.82, 2.24) is 9.97 Å². The van der Waals surface area contributed by atoms with E-state index >= 15 is 0 Å². The lowest BCUT2D eigenvalue weighted by Gasteiger charge is -2.29. The van der Waals surface area contributed by atoms with Gasteiger partial charge in [0.1, 0.15) is 0 Å². The van der Waals surface area contributed by atoms with Gasteiger partial charge in [-0.25, -0.2) is 4.98 Å². The van der Waals surface area contributed by atoms with E-state index in [1.807, 2.05) is 13.8 Å². The third kappa shape index (κ3) is 2.22. The number of hydrogen-bond donors (Lipinski definition) is 1. The molecule has 0 spiro atoms. The number of aromatic nitrogens is 2. The van der Waals surface area contributed by atoms with Gasteiger partial charge in [0, 0.05) is 18.7 Å². The van der Waals surface area contributed by atoms with Gasteiger partial charge in [-0.15, -0.1) is 0 Å². The third-order valence-electron chi connectivity index (χ3n) is 4.00. The third-order valence-corrected chi connectivity index (χ3v) is 4.00. The molecule has 0 bridgehead atoms. The molecule has 104 valence electrons. The Labute approximate surface area is 118 Å². The van der Waals surface area contributed by atoms with E-state index < -0.39 is 0 Å². The highest BCUT2D eigenvalue weighted by molar-refractivity contribution is 5.40. The molecule has 0 aliphatic carbocycles. The second-order valence-electron chi connectivity index (χ2n) is 5.26. The smallest absolute Gasteiger partial charge is 0.255 e. The van der Waals surface area contributed by atoms with Crippen LogP contribution in [0.1, 0.15) is 29.3 Å². The molecular weight excluding hydrogens is 250 g/mol. The topological polar surface area (TPSA) is 49.0 Å². The molecule has 4 heteroatoms. The van der Waals surface area contributed by atoms with Crippen molar-refractivity contribution in [2.45, 2.75) is 33.2 Å². The summed E-state index contributed by atoms with van der Waals surface area (Å²) in [7, 11) is 0. The predicted molar refractivity (Wildman–Crippen MR) is 80.2 cm³/mol. The second-order valence-corrected chi connectivity index (χ2v) is 5.26. The number of aryl methyl sites for hydroxylation is 1. The zero-order valence-electron chi connectivity index (χ0n) is 11.9. The minimum atomic E-state index is -0.0225. The van der Waals surface area contributed by atoms with Gasteiger partial charge < -0.3 is 4.90 Å². The Hall–Kier alpha value is -2.10. The molecule has 1 aliphatic rings. The Morgan fingerprint density at radius 1 is 1.30 bits per heavy atom. The monoisotopic (exact) mass is 269 g/mol. The van der Waals surface area contributed by atoms with Gasteiger partial charge in [0.05, 0.1) is 5.69 Å². The van der Waals surface area contributed by atoms with Crippen molar-refractivity contribution in [1.29, 1.82) is 0 Å². The SMILES string of the molecule is CCc1nc(N2CCc3ccccc3C2)[nH]c(=O)c1C.